The molecule has 1 aliphatic rings. The number of carbonyl (C=O) groups excluding carboxylic acids is 1. The van der Waals surface area contributed by atoms with Crippen molar-refractivity contribution in [3.63, 3.8) is 0 Å². The van der Waals surface area contributed by atoms with Crippen molar-refractivity contribution in [2.75, 3.05) is 17.1 Å². The molecule has 2 aromatic rings. The van der Waals surface area contributed by atoms with Crippen molar-refractivity contribution in [2.24, 2.45) is 0 Å². The van der Waals surface area contributed by atoms with Crippen molar-refractivity contribution < 1.29 is 13.2 Å². The molecule has 6 heteroatoms. The lowest BCUT2D eigenvalue weighted by Gasteiger charge is -2.23. The van der Waals surface area contributed by atoms with Crippen LogP contribution in [0.2, 0.25) is 0 Å². The van der Waals surface area contributed by atoms with E-state index in [0.29, 0.717) is 12.1 Å². The van der Waals surface area contributed by atoms with Crippen LogP contribution in [0, 0.1) is 0 Å². The van der Waals surface area contributed by atoms with Gasteiger partial charge in [-0.15, -0.1) is 0 Å². The molecule has 0 bridgehead atoms. The minimum absolute atomic E-state index is 0.0556. The Morgan fingerprint density at radius 2 is 1.74 bits per heavy atom. The summed E-state index contributed by atoms with van der Waals surface area (Å²) in [6.07, 6.45) is 7.61. The molecule has 168 valence electrons. The second-order valence-electron chi connectivity index (χ2n) is 8.48. The summed E-state index contributed by atoms with van der Waals surface area (Å²) < 4.78 is 25.9. The van der Waals surface area contributed by atoms with Gasteiger partial charge in [0.2, 0.25) is 15.9 Å². The topological polar surface area (TPSA) is 66.5 Å². The minimum Gasteiger partial charge on any atom is -0.350 e. The molecule has 31 heavy (non-hydrogen) atoms. The van der Waals surface area contributed by atoms with Gasteiger partial charge in [0, 0.05) is 13.0 Å². The summed E-state index contributed by atoms with van der Waals surface area (Å²) in [5, 5.41) is 3.06. The molecule has 1 aliphatic carbocycles. The number of hydrogen-bond acceptors (Lipinski definition) is 3. The third-order valence-electron chi connectivity index (χ3n) is 6.05. The van der Waals surface area contributed by atoms with E-state index in [0.717, 1.165) is 30.4 Å². The van der Waals surface area contributed by atoms with Gasteiger partial charge < -0.3 is 5.32 Å². The Morgan fingerprint density at radius 3 is 2.39 bits per heavy atom. The Balaban J connectivity index is 1.55. The molecule has 0 radical (unpaired) electrons. The van der Waals surface area contributed by atoms with E-state index in [2.05, 4.69) is 30.4 Å². The molecule has 0 saturated heterocycles. The maximum absolute atomic E-state index is 12.5. The monoisotopic (exact) mass is 442 g/mol. The Labute approximate surface area is 186 Å². The largest absolute Gasteiger partial charge is 0.350 e. The molecule has 1 atom stereocenters. The summed E-state index contributed by atoms with van der Waals surface area (Å²) in [4.78, 5) is 12.5. The average molecular weight is 443 g/mol. The van der Waals surface area contributed by atoms with E-state index in [9.17, 15) is 13.2 Å². The number of fused-ring (bicyclic) bond motifs is 1. The second kappa shape index (κ2) is 10.3. The zero-order valence-electron chi connectivity index (χ0n) is 18.9. The van der Waals surface area contributed by atoms with Crippen LogP contribution in [0.1, 0.15) is 67.8 Å². The van der Waals surface area contributed by atoms with Crippen molar-refractivity contribution in [3.8, 4) is 0 Å². The lowest BCUT2D eigenvalue weighted by atomic mass is 9.89. The van der Waals surface area contributed by atoms with E-state index in [1.165, 1.54) is 34.5 Å². The standard InChI is InChI=1S/C25H34N2O3S/c1-4-20-11-15-24(16-12-20)27(31(3,29)30)17-7-10-25(28)26-19(2)22-14-13-21-8-5-6-9-23(21)18-22/h11-16,18-19H,4-10,17H2,1-3H3,(H,26,28)/t19-/m1/s1. The number of aryl methyl sites for hydroxylation is 3. The fourth-order valence-corrected chi connectivity index (χ4v) is 5.15. The van der Waals surface area contributed by atoms with E-state index in [4.69, 9.17) is 0 Å². The molecular weight excluding hydrogens is 408 g/mol. The van der Waals surface area contributed by atoms with Crippen molar-refractivity contribution in [2.45, 2.75) is 64.8 Å². The molecule has 1 amide bonds. The summed E-state index contributed by atoms with van der Waals surface area (Å²) in [6, 6.07) is 14.0. The third kappa shape index (κ3) is 6.33. The van der Waals surface area contributed by atoms with Crippen LogP contribution in [0.15, 0.2) is 42.5 Å². The highest BCUT2D eigenvalue weighted by atomic mass is 32.2. The molecule has 2 aromatic carbocycles. The number of nitrogens with zero attached hydrogens (tertiary/aromatic N) is 1. The Hall–Kier alpha value is -2.34. The lowest BCUT2D eigenvalue weighted by Crippen LogP contribution is -2.32. The molecule has 1 N–H and O–H groups in total. The van der Waals surface area contributed by atoms with Crippen LogP contribution in [0.3, 0.4) is 0 Å². The number of amides is 1. The molecule has 0 heterocycles. The molecule has 0 saturated carbocycles. The van der Waals surface area contributed by atoms with Gasteiger partial charge in [-0.2, -0.15) is 0 Å². The molecule has 0 aliphatic heterocycles. The Morgan fingerprint density at radius 1 is 1.06 bits per heavy atom. The summed E-state index contributed by atoms with van der Waals surface area (Å²) >= 11 is 0. The number of anilines is 1. The molecule has 0 aromatic heterocycles. The van der Waals surface area contributed by atoms with Gasteiger partial charge in [0.1, 0.15) is 0 Å². The highest BCUT2D eigenvalue weighted by Crippen LogP contribution is 2.25. The summed E-state index contributed by atoms with van der Waals surface area (Å²) in [5.41, 5.74) is 5.77. The van der Waals surface area contributed by atoms with Crippen LogP contribution < -0.4 is 9.62 Å². The number of hydrogen-bond donors (Lipinski definition) is 1. The van der Waals surface area contributed by atoms with Crippen LogP contribution in [0.25, 0.3) is 0 Å². The van der Waals surface area contributed by atoms with Crippen molar-refractivity contribution >= 4 is 21.6 Å². The van der Waals surface area contributed by atoms with Gasteiger partial charge in [-0.1, -0.05) is 37.3 Å². The third-order valence-corrected chi connectivity index (χ3v) is 7.24. The highest BCUT2D eigenvalue weighted by molar-refractivity contribution is 7.92. The first kappa shape index (κ1) is 23.3. The first-order valence-corrected chi connectivity index (χ1v) is 13.1. The quantitative estimate of drug-likeness (QED) is 0.619. The number of nitrogens with one attached hydrogen (secondary N) is 1. The SMILES string of the molecule is CCc1ccc(N(CCCC(=O)N[C@H](C)c2ccc3c(c2)CCCC3)S(C)(=O)=O)cc1. The zero-order valence-corrected chi connectivity index (χ0v) is 19.7. The van der Waals surface area contributed by atoms with Crippen molar-refractivity contribution in [1.29, 1.82) is 0 Å². The molecular formula is C25H34N2O3S. The lowest BCUT2D eigenvalue weighted by molar-refractivity contribution is -0.121. The van der Waals surface area contributed by atoms with E-state index in [1.54, 1.807) is 0 Å². The fourth-order valence-electron chi connectivity index (χ4n) is 4.19. The van der Waals surface area contributed by atoms with Gasteiger partial charge in [0.25, 0.3) is 0 Å². The first-order valence-electron chi connectivity index (χ1n) is 11.3. The molecule has 0 fully saturated rings. The highest BCUT2D eigenvalue weighted by Gasteiger charge is 2.18. The van der Waals surface area contributed by atoms with Crippen LogP contribution >= 0.6 is 0 Å². The van der Waals surface area contributed by atoms with E-state index in [-0.39, 0.29) is 24.9 Å². The van der Waals surface area contributed by atoms with Gasteiger partial charge in [0.05, 0.1) is 18.0 Å². The number of rotatable bonds is 9. The van der Waals surface area contributed by atoms with Gasteiger partial charge in [-0.25, -0.2) is 8.42 Å². The van der Waals surface area contributed by atoms with Crippen molar-refractivity contribution in [1.82, 2.24) is 5.32 Å². The summed E-state index contributed by atoms with van der Waals surface area (Å²) in [7, 11) is -3.41. The Kier molecular flexibility index (Phi) is 7.76. The summed E-state index contributed by atoms with van der Waals surface area (Å²) in [6.45, 7) is 4.35. The molecule has 3 rings (SSSR count). The van der Waals surface area contributed by atoms with Gasteiger partial charge in [0.15, 0.2) is 0 Å². The van der Waals surface area contributed by atoms with Crippen LogP contribution in [0.5, 0.6) is 0 Å². The number of sulfonamides is 1. The molecule has 0 spiro atoms. The maximum Gasteiger partial charge on any atom is 0.232 e. The second-order valence-corrected chi connectivity index (χ2v) is 10.4. The normalized spacial score (nSPS) is 14.5. The van der Waals surface area contributed by atoms with E-state index >= 15 is 0 Å². The van der Waals surface area contributed by atoms with Gasteiger partial charge in [-0.05, 0) is 79.8 Å². The molecule has 0 unspecified atom stereocenters. The predicted octanol–water partition coefficient (Wildman–Crippen LogP) is 4.55. The van der Waals surface area contributed by atoms with E-state index < -0.39 is 10.0 Å². The summed E-state index contributed by atoms with van der Waals surface area (Å²) in [5.74, 6) is -0.0556. The minimum atomic E-state index is -3.41. The van der Waals surface area contributed by atoms with Crippen LogP contribution in [-0.2, 0) is 34.1 Å². The fraction of sp³-hybridized carbons (Fsp3) is 0.480. The Bertz CT molecular complexity index is 1000. The molecule has 5 nitrogen and oxygen atoms in total. The van der Waals surface area contributed by atoms with Gasteiger partial charge >= 0.3 is 0 Å². The van der Waals surface area contributed by atoms with E-state index in [1.807, 2.05) is 31.2 Å². The number of carbonyl (C=O) groups is 1. The number of benzene rings is 2. The maximum atomic E-state index is 12.5. The predicted molar refractivity (Wildman–Crippen MR) is 127 cm³/mol. The zero-order chi connectivity index (χ0) is 22.4. The van der Waals surface area contributed by atoms with Crippen LogP contribution in [-0.4, -0.2) is 27.1 Å². The van der Waals surface area contributed by atoms with Crippen LogP contribution in [0.4, 0.5) is 5.69 Å². The smallest absolute Gasteiger partial charge is 0.232 e. The average Bonchev–Trinajstić information content (AvgIpc) is 2.75. The first-order chi connectivity index (χ1) is 14.8. The van der Waals surface area contributed by atoms with Gasteiger partial charge in [-0.3, -0.25) is 9.10 Å². The van der Waals surface area contributed by atoms with Crippen molar-refractivity contribution in [3.05, 3.63) is 64.7 Å².